The number of carboxylic acids is 1. The van der Waals surface area contributed by atoms with Gasteiger partial charge < -0.3 is 15.3 Å². The van der Waals surface area contributed by atoms with Crippen LogP contribution in [0.2, 0.25) is 0 Å². The molecule has 1 fully saturated rings. The normalized spacial score (nSPS) is 29.6. The van der Waals surface area contributed by atoms with E-state index in [0.29, 0.717) is 6.54 Å². The van der Waals surface area contributed by atoms with E-state index in [1.807, 2.05) is 11.9 Å². The van der Waals surface area contributed by atoms with E-state index in [2.05, 4.69) is 5.32 Å². The predicted molar refractivity (Wildman–Crippen MR) is 69.9 cm³/mol. The number of aliphatic carboxylic acids is 1. The van der Waals surface area contributed by atoms with Crippen LogP contribution in [0.25, 0.3) is 0 Å². The second-order valence-electron chi connectivity index (χ2n) is 5.35. The van der Waals surface area contributed by atoms with Crippen LogP contribution in [0.15, 0.2) is 18.2 Å². The minimum Gasteiger partial charge on any atom is -0.481 e. The van der Waals surface area contributed by atoms with Crippen LogP contribution in [0.4, 0.5) is 10.1 Å². The summed E-state index contributed by atoms with van der Waals surface area (Å²) in [5.41, 5.74) is 1.44. The molecule has 0 radical (unpaired) electrons. The Hall–Kier alpha value is -1.62. The fourth-order valence-corrected chi connectivity index (χ4v) is 3.50. The van der Waals surface area contributed by atoms with Gasteiger partial charge in [0.15, 0.2) is 0 Å². The molecule has 102 valence electrons. The Kier molecular flexibility index (Phi) is 2.93. The number of carboxylic acid groups (broad SMARTS) is 1. The largest absolute Gasteiger partial charge is 0.481 e. The monoisotopic (exact) mass is 264 g/mol. The van der Waals surface area contributed by atoms with Gasteiger partial charge in [0.2, 0.25) is 0 Å². The number of rotatable bonds is 1. The average molecular weight is 264 g/mol. The number of nitrogens with one attached hydrogen (secondary N) is 1. The number of hydrogen-bond acceptors (Lipinski definition) is 3. The molecule has 1 aromatic rings. The maximum atomic E-state index is 13.4. The smallest absolute Gasteiger partial charge is 0.311 e. The van der Waals surface area contributed by atoms with Crippen LogP contribution in [0.3, 0.4) is 0 Å². The fourth-order valence-electron chi connectivity index (χ4n) is 3.50. The summed E-state index contributed by atoms with van der Waals surface area (Å²) >= 11 is 0. The molecule has 3 unspecified atom stereocenters. The third-order valence-electron chi connectivity index (χ3n) is 4.39. The number of benzene rings is 1. The Morgan fingerprint density at radius 2 is 2.32 bits per heavy atom. The van der Waals surface area contributed by atoms with Gasteiger partial charge in [-0.25, -0.2) is 4.39 Å². The van der Waals surface area contributed by atoms with Crippen molar-refractivity contribution >= 4 is 11.7 Å². The molecule has 1 aromatic carbocycles. The summed E-state index contributed by atoms with van der Waals surface area (Å²) in [4.78, 5) is 13.7. The second-order valence-corrected chi connectivity index (χ2v) is 5.35. The van der Waals surface area contributed by atoms with Crippen molar-refractivity contribution in [3.05, 3.63) is 29.6 Å². The molecule has 1 saturated heterocycles. The van der Waals surface area contributed by atoms with E-state index >= 15 is 0 Å². The van der Waals surface area contributed by atoms with Gasteiger partial charge in [0.25, 0.3) is 0 Å². The molecule has 2 aliphatic rings. The number of fused-ring (bicyclic) bond motifs is 2. The van der Waals surface area contributed by atoms with Crippen LogP contribution in [-0.2, 0) is 4.79 Å². The lowest BCUT2D eigenvalue weighted by Gasteiger charge is -2.47. The first kappa shape index (κ1) is 12.4. The van der Waals surface area contributed by atoms with Gasteiger partial charge in [0.1, 0.15) is 5.82 Å². The van der Waals surface area contributed by atoms with Crippen molar-refractivity contribution in [1.29, 1.82) is 0 Å². The molecule has 0 aliphatic carbocycles. The van der Waals surface area contributed by atoms with E-state index in [0.717, 1.165) is 24.2 Å². The maximum Gasteiger partial charge on any atom is 0.311 e. The third-order valence-corrected chi connectivity index (χ3v) is 4.39. The average Bonchev–Trinajstić information content (AvgIpc) is 2.39. The molecule has 0 spiro atoms. The molecule has 0 amide bonds. The molecule has 4 nitrogen and oxygen atoms in total. The van der Waals surface area contributed by atoms with Gasteiger partial charge in [0, 0.05) is 31.2 Å². The first-order valence-corrected chi connectivity index (χ1v) is 6.55. The maximum absolute atomic E-state index is 13.4. The number of halogens is 1. The van der Waals surface area contributed by atoms with Gasteiger partial charge in [0.05, 0.1) is 5.92 Å². The molecule has 2 N–H and O–H groups in total. The molecule has 3 rings (SSSR count). The summed E-state index contributed by atoms with van der Waals surface area (Å²) in [6, 6.07) is 4.57. The van der Waals surface area contributed by atoms with Crippen LogP contribution in [0.1, 0.15) is 17.9 Å². The minimum absolute atomic E-state index is 0.0363. The SMILES string of the molecule is CN1c2cc(F)ccc2C(C(=O)O)C2CNCCC21. The fraction of sp³-hybridized carbons (Fsp3) is 0.500. The molecular formula is C14H17FN2O2. The third kappa shape index (κ3) is 1.89. The van der Waals surface area contributed by atoms with Crippen LogP contribution >= 0.6 is 0 Å². The van der Waals surface area contributed by atoms with Crippen LogP contribution in [-0.4, -0.2) is 37.3 Å². The highest BCUT2D eigenvalue weighted by Crippen LogP contribution is 2.43. The number of anilines is 1. The van der Waals surface area contributed by atoms with E-state index in [4.69, 9.17) is 0 Å². The summed E-state index contributed by atoms with van der Waals surface area (Å²) in [6.45, 7) is 1.57. The van der Waals surface area contributed by atoms with Crippen molar-refractivity contribution in [2.45, 2.75) is 18.4 Å². The van der Waals surface area contributed by atoms with Crippen LogP contribution in [0, 0.1) is 11.7 Å². The Labute approximate surface area is 111 Å². The van der Waals surface area contributed by atoms with Crippen molar-refractivity contribution in [3.8, 4) is 0 Å². The van der Waals surface area contributed by atoms with Gasteiger partial charge in [-0.15, -0.1) is 0 Å². The molecule has 19 heavy (non-hydrogen) atoms. The van der Waals surface area contributed by atoms with Crippen molar-refractivity contribution in [1.82, 2.24) is 5.32 Å². The van der Waals surface area contributed by atoms with Crippen molar-refractivity contribution < 1.29 is 14.3 Å². The Balaban J connectivity index is 2.13. The molecule has 3 atom stereocenters. The topological polar surface area (TPSA) is 52.6 Å². The Morgan fingerprint density at radius 1 is 1.53 bits per heavy atom. The van der Waals surface area contributed by atoms with Gasteiger partial charge in [-0.3, -0.25) is 4.79 Å². The van der Waals surface area contributed by atoms with Gasteiger partial charge in [-0.2, -0.15) is 0 Å². The molecule has 0 saturated carbocycles. The molecule has 2 aliphatic heterocycles. The van der Waals surface area contributed by atoms with E-state index in [9.17, 15) is 14.3 Å². The summed E-state index contributed by atoms with van der Waals surface area (Å²) in [5.74, 6) is -1.65. The molecule has 0 bridgehead atoms. The number of piperidine rings is 1. The number of nitrogens with zero attached hydrogens (tertiary/aromatic N) is 1. The van der Waals surface area contributed by atoms with Gasteiger partial charge >= 0.3 is 5.97 Å². The highest BCUT2D eigenvalue weighted by molar-refractivity contribution is 5.81. The lowest BCUT2D eigenvalue weighted by molar-refractivity contribution is -0.140. The zero-order valence-electron chi connectivity index (χ0n) is 10.8. The van der Waals surface area contributed by atoms with E-state index in [-0.39, 0.29) is 17.8 Å². The number of hydrogen-bond donors (Lipinski definition) is 2. The quantitative estimate of drug-likeness (QED) is 0.805. The summed E-state index contributed by atoms with van der Waals surface area (Å²) in [6.07, 6.45) is 0.890. The molecule has 5 heteroatoms. The van der Waals surface area contributed by atoms with E-state index in [1.54, 1.807) is 6.07 Å². The molecule has 0 aromatic heterocycles. The van der Waals surface area contributed by atoms with Crippen molar-refractivity contribution in [2.24, 2.45) is 5.92 Å². The van der Waals surface area contributed by atoms with Crippen LogP contribution < -0.4 is 10.2 Å². The highest BCUT2D eigenvalue weighted by Gasteiger charge is 2.44. The van der Waals surface area contributed by atoms with Crippen molar-refractivity contribution in [3.63, 3.8) is 0 Å². The Morgan fingerprint density at radius 3 is 3.05 bits per heavy atom. The van der Waals surface area contributed by atoms with E-state index in [1.165, 1.54) is 12.1 Å². The summed E-state index contributed by atoms with van der Waals surface area (Å²) < 4.78 is 13.4. The minimum atomic E-state index is -0.820. The zero-order valence-corrected chi connectivity index (χ0v) is 10.8. The zero-order chi connectivity index (χ0) is 13.6. The lowest BCUT2D eigenvalue weighted by atomic mass is 9.74. The molecule has 2 heterocycles. The second kappa shape index (κ2) is 4.49. The predicted octanol–water partition coefficient (Wildman–Crippen LogP) is 1.42. The van der Waals surface area contributed by atoms with Crippen LogP contribution in [0.5, 0.6) is 0 Å². The van der Waals surface area contributed by atoms with Crippen molar-refractivity contribution in [2.75, 3.05) is 25.0 Å². The summed E-state index contributed by atoms with van der Waals surface area (Å²) in [7, 11) is 1.93. The molecular weight excluding hydrogens is 247 g/mol. The van der Waals surface area contributed by atoms with Gasteiger partial charge in [-0.1, -0.05) is 6.07 Å². The number of carbonyl (C=O) groups is 1. The highest BCUT2D eigenvalue weighted by atomic mass is 19.1. The lowest BCUT2D eigenvalue weighted by Crippen LogP contribution is -2.54. The standard InChI is InChI=1S/C14H17FN2O2/c1-17-11-4-5-16-7-10(11)13(14(18)19)9-3-2-8(15)6-12(9)17/h2-3,6,10-11,13,16H,4-5,7H2,1H3,(H,18,19). The Bertz CT molecular complexity index is 520. The first-order chi connectivity index (χ1) is 9.09. The summed E-state index contributed by atoms with van der Waals surface area (Å²) in [5, 5.41) is 12.8. The van der Waals surface area contributed by atoms with E-state index < -0.39 is 11.9 Å². The first-order valence-electron chi connectivity index (χ1n) is 6.55. The van der Waals surface area contributed by atoms with Gasteiger partial charge in [-0.05, 0) is 30.7 Å².